The van der Waals surface area contributed by atoms with Crippen molar-refractivity contribution in [3.63, 3.8) is 0 Å². The highest BCUT2D eigenvalue weighted by molar-refractivity contribution is 6.34. The lowest BCUT2D eigenvalue weighted by Crippen LogP contribution is -2.51. The van der Waals surface area contributed by atoms with Crippen LogP contribution in [0.25, 0.3) is 0 Å². The van der Waals surface area contributed by atoms with Crippen molar-refractivity contribution in [2.45, 2.75) is 25.7 Å². The van der Waals surface area contributed by atoms with Crippen LogP contribution in [-0.4, -0.2) is 122 Å². The van der Waals surface area contributed by atoms with Crippen molar-refractivity contribution >= 4 is 40.8 Å². The van der Waals surface area contributed by atoms with Gasteiger partial charge < -0.3 is 9.80 Å². The molecule has 2 aliphatic rings. The van der Waals surface area contributed by atoms with E-state index in [9.17, 15) is 23.2 Å². The minimum absolute atomic E-state index is 0.0817. The largest absolute Gasteiger partial charge is 0.335 e. The summed E-state index contributed by atoms with van der Waals surface area (Å²) in [5.74, 6) is -2.65. The summed E-state index contributed by atoms with van der Waals surface area (Å²) < 4.78 is 31.4. The zero-order valence-electron chi connectivity index (χ0n) is 29.7. The van der Waals surface area contributed by atoms with Gasteiger partial charge in [0.1, 0.15) is 17.4 Å². The predicted octanol–water partition coefficient (Wildman–Crippen LogP) is 4.71. The second kappa shape index (κ2) is 15.8. The third kappa shape index (κ3) is 7.92. The molecular weight excluding hydrogens is 713 g/mol. The quantitative estimate of drug-likeness (QED) is 0.232. The lowest BCUT2D eigenvalue weighted by molar-refractivity contribution is -0.123. The first-order chi connectivity index (χ1) is 24.8. The van der Waals surface area contributed by atoms with Gasteiger partial charge in [-0.05, 0) is 49.2 Å². The molecule has 2 fully saturated rings. The fraction of sp³-hybridized carbons (Fsp3) is 0.432. The van der Waals surface area contributed by atoms with Gasteiger partial charge in [0.15, 0.2) is 11.4 Å². The van der Waals surface area contributed by atoms with Gasteiger partial charge in [0.25, 0.3) is 11.8 Å². The van der Waals surface area contributed by atoms with Crippen LogP contribution in [0.2, 0.25) is 10.0 Å². The Bertz CT molecular complexity index is 1800. The summed E-state index contributed by atoms with van der Waals surface area (Å²) in [7, 11) is 3.48. The third-order valence-corrected chi connectivity index (χ3v) is 11.3. The van der Waals surface area contributed by atoms with E-state index in [0.29, 0.717) is 98.0 Å². The van der Waals surface area contributed by atoms with E-state index < -0.39 is 23.5 Å². The normalized spacial score (nSPS) is 17.0. The molecule has 2 amide bonds. The number of carbonyl (C=O) groups is 3. The molecule has 2 atom stereocenters. The molecule has 276 valence electrons. The molecule has 52 heavy (non-hydrogen) atoms. The number of carbonyl (C=O) groups excluding carboxylic acids is 3. The summed E-state index contributed by atoms with van der Waals surface area (Å²) in [6, 6.07) is 12.0. The molecule has 0 spiro atoms. The highest BCUT2D eigenvalue weighted by atomic mass is 35.5. The molecule has 2 unspecified atom stereocenters. The van der Waals surface area contributed by atoms with Gasteiger partial charge in [-0.15, -0.1) is 0 Å². The minimum Gasteiger partial charge on any atom is -0.335 e. The predicted molar refractivity (Wildman–Crippen MR) is 194 cm³/mol. The number of aromatic nitrogens is 4. The van der Waals surface area contributed by atoms with Crippen LogP contribution in [0.4, 0.5) is 8.78 Å². The second-order valence-electron chi connectivity index (χ2n) is 13.5. The maximum absolute atomic E-state index is 14.8. The highest BCUT2D eigenvalue weighted by Gasteiger charge is 2.35. The molecule has 0 N–H and O–H groups in total. The Morgan fingerprint density at radius 2 is 0.942 bits per heavy atom. The first-order valence-electron chi connectivity index (χ1n) is 17.3. The van der Waals surface area contributed by atoms with E-state index in [1.165, 1.54) is 24.3 Å². The van der Waals surface area contributed by atoms with Crippen molar-refractivity contribution in [2.75, 3.05) is 65.4 Å². The van der Waals surface area contributed by atoms with Gasteiger partial charge in [-0.2, -0.15) is 10.2 Å². The Kier molecular flexibility index (Phi) is 11.4. The van der Waals surface area contributed by atoms with Gasteiger partial charge in [-0.3, -0.25) is 33.5 Å². The minimum atomic E-state index is -0.636. The Labute approximate surface area is 311 Å². The first kappa shape index (κ1) is 37.6. The molecule has 0 bridgehead atoms. The number of hydrogen-bond donors (Lipinski definition) is 0. The number of ketones is 1. The maximum Gasteiger partial charge on any atom is 0.276 e. The molecule has 2 saturated heterocycles. The summed E-state index contributed by atoms with van der Waals surface area (Å²) in [5, 5.41) is 9.29. The van der Waals surface area contributed by atoms with E-state index >= 15 is 0 Å². The number of nitrogens with zero attached hydrogens (tertiary/aromatic N) is 8. The number of rotatable bonds is 10. The molecule has 6 rings (SSSR count). The summed E-state index contributed by atoms with van der Waals surface area (Å²) in [4.78, 5) is 49.1. The molecular formula is C37H42Cl2F2N8O3. The second-order valence-corrected chi connectivity index (χ2v) is 14.3. The molecule has 0 radical (unpaired) electrons. The van der Waals surface area contributed by atoms with Gasteiger partial charge in [0.2, 0.25) is 0 Å². The lowest BCUT2D eigenvalue weighted by atomic mass is 9.82. The summed E-state index contributed by atoms with van der Waals surface area (Å²) in [6.45, 7) is 8.02. The van der Waals surface area contributed by atoms with Crippen LogP contribution in [-0.2, 0) is 18.9 Å². The molecule has 2 aliphatic heterocycles. The van der Waals surface area contributed by atoms with Gasteiger partial charge in [0.05, 0.1) is 33.3 Å². The number of piperazine rings is 2. The molecule has 11 nitrogen and oxygen atoms in total. The zero-order valence-corrected chi connectivity index (χ0v) is 31.2. The number of amides is 2. The number of hydrogen-bond acceptors (Lipinski definition) is 7. The summed E-state index contributed by atoms with van der Waals surface area (Å²) in [6.07, 6.45) is 0. The number of halogens is 4. The fourth-order valence-corrected chi connectivity index (χ4v) is 7.36. The van der Waals surface area contributed by atoms with Crippen molar-refractivity contribution in [2.24, 2.45) is 14.1 Å². The molecule has 0 aliphatic carbocycles. The smallest absolute Gasteiger partial charge is 0.276 e. The SMILES string of the molecule is Cc1c(Cl)c(C(=O)N2CCN(CC(C(=O)C(CN3CCN(C(=O)c4nn(C)c(C)c4Cl)CC3)c3ccc(F)cc3)c3ccc(F)cc3)CC2)nn1C. The molecule has 2 aromatic heterocycles. The number of Topliss-reactive ketones (excluding diaryl/α,β-unsaturated/α-hetero) is 1. The average molecular weight is 756 g/mol. The van der Waals surface area contributed by atoms with Crippen molar-refractivity contribution in [1.29, 1.82) is 0 Å². The first-order valence-corrected chi connectivity index (χ1v) is 18.0. The van der Waals surface area contributed by atoms with Crippen LogP contribution in [0.15, 0.2) is 48.5 Å². The Morgan fingerprint density at radius 1 is 0.615 bits per heavy atom. The van der Waals surface area contributed by atoms with Crippen LogP contribution in [0.1, 0.15) is 55.3 Å². The number of benzene rings is 2. The molecule has 4 heterocycles. The molecule has 4 aromatic rings. The fourth-order valence-electron chi connectivity index (χ4n) is 6.87. The lowest BCUT2D eigenvalue weighted by Gasteiger charge is -2.38. The van der Waals surface area contributed by atoms with Crippen LogP contribution < -0.4 is 0 Å². The monoisotopic (exact) mass is 754 g/mol. The van der Waals surface area contributed by atoms with Gasteiger partial charge in [-0.25, -0.2) is 8.78 Å². The summed E-state index contributed by atoms with van der Waals surface area (Å²) in [5.41, 5.74) is 3.20. The van der Waals surface area contributed by atoms with Gasteiger partial charge in [0, 0.05) is 79.5 Å². The summed E-state index contributed by atoms with van der Waals surface area (Å²) >= 11 is 12.8. The van der Waals surface area contributed by atoms with Crippen LogP contribution >= 0.6 is 23.2 Å². The molecule has 15 heteroatoms. The van der Waals surface area contributed by atoms with Crippen LogP contribution in [0.3, 0.4) is 0 Å². The van der Waals surface area contributed by atoms with Crippen molar-refractivity contribution < 1.29 is 23.2 Å². The van der Waals surface area contributed by atoms with E-state index in [1.54, 1.807) is 71.4 Å². The number of aryl methyl sites for hydroxylation is 2. The topological polar surface area (TPSA) is 99.8 Å². The van der Waals surface area contributed by atoms with Crippen molar-refractivity contribution in [3.8, 4) is 0 Å². The maximum atomic E-state index is 14.8. The Hall–Kier alpha value is -4.17. The van der Waals surface area contributed by atoms with Crippen LogP contribution in [0.5, 0.6) is 0 Å². The standard InChI is InChI=1S/C37H42Cl2F2N8O3/c1-23-31(38)33(42-44(23)3)36(51)48-17-13-46(14-18-48)21-29(25-5-9-27(40)10-6-25)35(50)30(26-7-11-28(41)12-8-26)22-47-15-19-49(20-16-47)37(52)34-32(39)24(2)45(4)43-34/h5-12,29-30H,13-22H2,1-4H3. The van der Waals surface area contributed by atoms with Gasteiger partial charge >= 0.3 is 0 Å². The zero-order chi connectivity index (χ0) is 37.3. The van der Waals surface area contributed by atoms with Crippen LogP contribution in [0, 0.1) is 25.5 Å². The Morgan fingerprint density at radius 3 is 1.23 bits per heavy atom. The van der Waals surface area contributed by atoms with Gasteiger partial charge in [-0.1, -0.05) is 47.5 Å². The van der Waals surface area contributed by atoms with E-state index in [1.807, 2.05) is 0 Å². The molecule has 0 saturated carbocycles. The van der Waals surface area contributed by atoms with E-state index in [-0.39, 0.29) is 29.0 Å². The van der Waals surface area contributed by atoms with E-state index in [0.717, 1.165) is 0 Å². The average Bonchev–Trinajstić information content (AvgIpc) is 3.56. The van der Waals surface area contributed by atoms with E-state index in [2.05, 4.69) is 20.0 Å². The molecule has 2 aromatic carbocycles. The van der Waals surface area contributed by atoms with E-state index in [4.69, 9.17) is 23.2 Å². The van der Waals surface area contributed by atoms with Crippen molar-refractivity contribution in [3.05, 3.63) is 104 Å². The third-order valence-electron chi connectivity index (χ3n) is 10.4. The Balaban J connectivity index is 1.18. The van der Waals surface area contributed by atoms with Crippen molar-refractivity contribution in [1.82, 2.24) is 39.2 Å². The highest BCUT2D eigenvalue weighted by Crippen LogP contribution is 2.31.